The maximum atomic E-state index is 9.70. The Morgan fingerprint density at radius 3 is 2.29 bits per heavy atom. The van der Waals surface area contributed by atoms with E-state index in [-0.39, 0.29) is 12.0 Å². The van der Waals surface area contributed by atoms with Crippen LogP contribution in [-0.2, 0) is 9.08 Å². The molecule has 0 aliphatic carbocycles. The Bertz CT molecular complexity index is 50.9. The van der Waals surface area contributed by atoms with E-state index in [0.29, 0.717) is 0 Å². The molecule has 0 amide bonds. The molecule has 0 aromatic heterocycles. The highest BCUT2D eigenvalue weighted by atomic mass is 35.5. The number of hydrogen-bond acceptors (Lipinski definition) is 3. The topological polar surface area (TPSA) is 83.8 Å². The van der Waals surface area contributed by atoms with Crippen LogP contribution >= 0.6 is 11.9 Å². The van der Waals surface area contributed by atoms with Crippen molar-refractivity contribution in [2.24, 2.45) is 5.73 Å². The predicted octanol–water partition coefficient (Wildman–Crippen LogP) is -1.18. The second-order valence-electron chi connectivity index (χ2n) is 0.653. The molecule has 0 aromatic rings. The molecule has 5 heteroatoms. The van der Waals surface area contributed by atoms with Crippen LogP contribution in [0.15, 0.2) is 0 Å². The number of rotatable bonds is 1. The van der Waals surface area contributed by atoms with E-state index < -0.39 is 5.97 Å². The highest BCUT2D eigenvalue weighted by Gasteiger charge is 1.90. The maximum absolute atomic E-state index is 9.70. The average molecular weight is 128 g/mol. The summed E-state index contributed by atoms with van der Waals surface area (Å²) in [6.07, 6.45) is 0. The molecule has 0 aliphatic heterocycles. The van der Waals surface area contributed by atoms with E-state index in [1.165, 1.54) is 0 Å². The van der Waals surface area contributed by atoms with E-state index in [1.54, 1.807) is 0 Å². The molecule has 4 nitrogen and oxygen atoms in total. The Hall–Kier alpha value is -0.320. The summed E-state index contributed by atoms with van der Waals surface area (Å²) in [4.78, 5) is 9.70. The summed E-state index contributed by atoms with van der Waals surface area (Å²) in [5, 5.41) is 0. The Labute approximate surface area is 45.7 Å². The third kappa shape index (κ3) is 5.68. The Balaban J connectivity index is 0. The van der Waals surface area contributed by atoms with Crippen molar-refractivity contribution < 1.29 is 14.6 Å². The second-order valence-corrected chi connectivity index (χ2v) is 0.808. The van der Waals surface area contributed by atoms with Crippen molar-refractivity contribution in [1.82, 2.24) is 0 Å². The molecule has 0 fully saturated rings. The van der Waals surface area contributed by atoms with Crippen molar-refractivity contribution in [2.75, 3.05) is 6.54 Å². The van der Waals surface area contributed by atoms with Gasteiger partial charge in [0, 0.05) is 0 Å². The molecule has 0 radical (unpaired) electrons. The summed E-state index contributed by atoms with van der Waals surface area (Å²) in [5.74, 6) is -0.614. The van der Waals surface area contributed by atoms with Gasteiger partial charge in [0.2, 0.25) is 0 Å². The van der Waals surface area contributed by atoms with Crippen molar-refractivity contribution in [1.29, 1.82) is 0 Å². The Morgan fingerprint density at radius 1 is 1.86 bits per heavy atom. The van der Waals surface area contributed by atoms with Gasteiger partial charge in [-0.05, 0) is 0 Å². The van der Waals surface area contributed by atoms with E-state index in [4.69, 9.17) is 5.73 Å². The first kappa shape index (κ1) is 9.84. The van der Waals surface area contributed by atoms with Crippen molar-refractivity contribution in [3.05, 3.63) is 0 Å². The van der Waals surface area contributed by atoms with E-state index in [1.807, 2.05) is 0 Å². The fraction of sp³-hybridized carbons (Fsp3) is 0.500. The molecule has 0 rings (SSSR count). The van der Waals surface area contributed by atoms with Gasteiger partial charge in [0.25, 0.3) is 0 Å². The molecule has 0 aromatic carbocycles. The van der Waals surface area contributed by atoms with Crippen molar-refractivity contribution in [2.45, 2.75) is 0 Å². The number of carbonyl (C=O) groups is 1. The second kappa shape index (κ2) is 5.68. The number of halogens is 1. The fourth-order valence-corrected chi connectivity index (χ4v) is 0.0945. The zero-order chi connectivity index (χ0) is 4.99. The third-order valence-electron chi connectivity index (χ3n) is 0.253. The van der Waals surface area contributed by atoms with E-state index in [0.717, 1.165) is 0 Å². The lowest BCUT2D eigenvalue weighted by atomic mass is 10.7. The van der Waals surface area contributed by atoms with Gasteiger partial charge in [0.1, 0.15) is 11.9 Å². The van der Waals surface area contributed by atoms with Crippen LogP contribution in [0, 0.1) is 0 Å². The van der Waals surface area contributed by atoms with Crippen LogP contribution in [-0.4, -0.2) is 18.0 Å². The molecule has 0 saturated heterocycles. The molecule has 0 saturated carbocycles. The SMILES string of the molecule is NCC(=O)OCl.O. The first-order chi connectivity index (χ1) is 2.81. The lowest BCUT2D eigenvalue weighted by molar-refractivity contribution is -0.132. The first-order valence-electron chi connectivity index (χ1n) is 1.32. The van der Waals surface area contributed by atoms with Crippen LogP contribution in [0.2, 0.25) is 0 Å². The quantitative estimate of drug-likeness (QED) is 0.481. The summed E-state index contributed by atoms with van der Waals surface area (Å²) < 4.78 is 3.61. The molecule has 0 atom stereocenters. The van der Waals surface area contributed by atoms with E-state index >= 15 is 0 Å². The number of carbonyl (C=O) groups excluding carboxylic acids is 1. The van der Waals surface area contributed by atoms with Gasteiger partial charge in [0.05, 0.1) is 6.54 Å². The fourth-order valence-electron chi connectivity index (χ4n) is 0.0315. The van der Waals surface area contributed by atoms with Crippen LogP contribution in [0.1, 0.15) is 0 Å². The van der Waals surface area contributed by atoms with Crippen molar-refractivity contribution in [3.63, 3.8) is 0 Å². The van der Waals surface area contributed by atoms with Gasteiger partial charge in [-0.15, -0.1) is 0 Å². The van der Waals surface area contributed by atoms with Crippen molar-refractivity contribution in [3.8, 4) is 0 Å². The lowest BCUT2D eigenvalue weighted by Crippen LogP contribution is -2.12. The molecule has 4 N–H and O–H groups in total. The summed E-state index contributed by atoms with van der Waals surface area (Å²) in [6.45, 7) is -0.163. The molecule has 0 heterocycles. The monoisotopic (exact) mass is 127 g/mol. The molecular weight excluding hydrogens is 121 g/mol. The van der Waals surface area contributed by atoms with Gasteiger partial charge < -0.3 is 15.5 Å². The molecule has 0 bridgehead atoms. The predicted molar refractivity (Wildman–Crippen MR) is 24.6 cm³/mol. The average Bonchev–Trinajstić information content (AvgIpc) is 1.65. The summed E-state index contributed by atoms with van der Waals surface area (Å²) >= 11 is 4.52. The lowest BCUT2D eigenvalue weighted by Gasteiger charge is -1.82. The standard InChI is InChI=1S/C2H4ClNO2.H2O/c3-6-2(5)1-4;/h1,4H2;1H2. The molecule has 0 unspecified atom stereocenters. The van der Waals surface area contributed by atoms with Crippen LogP contribution in [0.25, 0.3) is 0 Å². The zero-order valence-corrected chi connectivity index (χ0v) is 4.23. The van der Waals surface area contributed by atoms with Gasteiger partial charge in [-0.2, -0.15) is 0 Å². The minimum atomic E-state index is -0.614. The maximum Gasteiger partial charge on any atom is 0.338 e. The van der Waals surface area contributed by atoms with Crippen molar-refractivity contribution >= 4 is 17.8 Å². The van der Waals surface area contributed by atoms with Crippen LogP contribution < -0.4 is 5.73 Å². The van der Waals surface area contributed by atoms with E-state index in [9.17, 15) is 4.79 Å². The molecule has 7 heavy (non-hydrogen) atoms. The smallest absolute Gasteiger partial charge is 0.338 e. The van der Waals surface area contributed by atoms with Gasteiger partial charge in [-0.25, -0.2) is 4.79 Å². The zero-order valence-electron chi connectivity index (χ0n) is 3.48. The van der Waals surface area contributed by atoms with Crippen LogP contribution in [0.4, 0.5) is 0 Å². The Morgan fingerprint density at radius 2 is 2.29 bits per heavy atom. The summed E-state index contributed by atoms with van der Waals surface area (Å²) in [5.41, 5.74) is 4.72. The van der Waals surface area contributed by atoms with Gasteiger partial charge in [0.15, 0.2) is 0 Å². The first-order valence-corrected chi connectivity index (χ1v) is 1.63. The highest BCUT2D eigenvalue weighted by Crippen LogP contribution is 1.75. The molecule has 0 aliphatic rings. The van der Waals surface area contributed by atoms with Crippen LogP contribution in [0.5, 0.6) is 0 Å². The Kier molecular flexibility index (Phi) is 7.98. The minimum absolute atomic E-state index is 0. The largest absolute Gasteiger partial charge is 0.412 e. The third-order valence-corrected chi connectivity index (χ3v) is 0.425. The van der Waals surface area contributed by atoms with Gasteiger partial charge in [-0.3, -0.25) is 0 Å². The van der Waals surface area contributed by atoms with Gasteiger partial charge >= 0.3 is 5.97 Å². The molecule has 0 spiro atoms. The summed E-state index contributed by atoms with van der Waals surface area (Å²) in [7, 11) is 0. The molecular formula is C2H6ClNO3. The molecule has 44 valence electrons. The minimum Gasteiger partial charge on any atom is -0.412 e. The normalized spacial score (nSPS) is 6.57. The number of nitrogens with two attached hydrogens (primary N) is 1. The number of hydrogen-bond donors (Lipinski definition) is 1. The van der Waals surface area contributed by atoms with Crippen LogP contribution in [0.3, 0.4) is 0 Å². The van der Waals surface area contributed by atoms with E-state index in [2.05, 4.69) is 16.2 Å². The van der Waals surface area contributed by atoms with Gasteiger partial charge in [-0.1, -0.05) is 0 Å². The summed E-state index contributed by atoms with van der Waals surface area (Å²) in [6, 6.07) is 0. The highest BCUT2D eigenvalue weighted by molar-refractivity contribution is 6.13.